The molecule has 0 aliphatic heterocycles. The van der Waals surface area contributed by atoms with E-state index in [0.29, 0.717) is 10.7 Å². The van der Waals surface area contributed by atoms with E-state index in [1.807, 2.05) is 11.3 Å². The summed E-state index contributed by atoms with van der Waals surface area (Å²) in [5.74, 6) is 0.596. The van der Waals surface area contributed by atoms with Gasteiger partial charge in [-0.2, -0.15) is 0 Å². The lowest BCUT2D eigenvalue weighted by atomic mass is 10.00. The van der Waals surface area contributed by atoms with Crippen LogP contribution in [0.4, 0.5) is 0 Å². The van der Waals surface area contributed by atoms with E-state index in [9.17, 15) is 0 Å². The van der Waals surface area contributed by atoms with E-state index < -0.39 is 0 Å². The van der Waals surface area contributed by atoms with E-state index in [2.05, 4.69) is 74.0 Å². The molecule has 0 fully saturated rings. The fourth-order valence-corrected chi connectivity index (χ4v) is 4.10. The summed E-state index contributed by atoms with van der Waals surface area (Å²) < 4.78 is 0. The zero-order valence-corrected chi connectivity index (χ0v) is 13.7. The minimum Gasteiger partial charge on any atom is -0.144 e. The average molecular weight is 323 g/mol. The lowest BCUT2D eigenvalue weighted by Crippen LogP contribution is -1.93. The second-order valence-corrected chi connectivity index (χ2v) is 7.29. The third-order valence-electron chi connectivity index (χ3n) is 3.21. The lowest BCUT2D eigenvalue weighted by Gasteiger charge is -2.12. The van der Waals surface area contributed by atoms with Crippen molar-refractivity contribution in [2.24, 2.45) is 0 Å². The van der Waals surface area contributed by atoms with Crippen molar-refractivity contribution in [3.63, 3.8) is 0 Å². The molecule has 1 heterocycles. The fraction of sp³-hybridized carbons (Fsp3) is 0.375. The number of benzene rings is 1. The molecule has 18 heavy (non-hydrogen) atoms. The quantitative estimate of drug-likeness (QED) is 0.610. The van der Waals surface area contributed by atoms with Crippen molar-refractivity contribution >= 4 is 27.3 Å². The normalized spacial score (nSPS) is 13.0. The molecule has 0 amide bonds. The highest BCUT2D eigenvalue weighted by Gasteiger charge is 2.15. The molecule has 1 aromatic heterocycles. The van der Waals surface area contributed by atoms with Crippen molar-refractivity contribution < 1.29 is 0 Å². The van der Waals surface area contributed by atoms with Crippen LogP contribution in [0.15, 0.2) is 30.3 Å². The van der Waals surface area contributed by atoms with Crippen LogP contribution in [-0.2, 0) is 0 Å². The van der Waals surface area contributed by atoms with Gasteiger partial charge >= 0.3 is 0 Å². The molecule has 0 spiro atoms. The summed E-state index contributed by atoms with van der Waals surface area (Å²) in [6, 6.07) is 11.2. The standard InChI is InChI=1S/C16H19BrS/c1-10(2)13-5-7-14(8-6-13)15(17)16-11(3)9-12(4)18-16/h5-10,15H,1-4H3. The summed E-state index contributed by atoms with van der Waals surface area (Å²) in [6.45, 7) is 8.82. The molecule has 0 bridgehead atoms. The minimum absolute atomic E-state index is 0.317. The molecule has 1 atom stereocenters. The van der Waals surface area contributed by atoms with Gasteiger partial charge in [-0.25, -0.2) is 0 Å². The first-order chi connectivity index (χ1) is 8.49. The second-order valence-electron chi connectivity index (χ2n) is 5.09. The number of rotatable bonds is 3. The molecule has 0 saturated carbocycles. The Labute approximate surface area is 122 Å². The zero-order chi connectivity index (χ0) is 13.3. The van der Waals surface area contributed by atoms with Crippen molar-refractivity contribution in [2.45, 2.75) is 38.4 Å². The molecule has 2 heteroatoms. The van der Waals surface area contributed by atoms with Gasteiger partial charge in [-0.3, -0.25) is 0 Å². The SMILES string of the molecule is Cc1cc(C)c(C(Br)c2ccc(C(C)C)cc2)s1. The maximum atomic E-state index is 3.83. The van der Waals surface area contributed by atoms with Crippen LogP contribution in [0.1, 0.15) is 51.0 Å². The Morgan fingerprint density at radius 3 is 2.00 bits per heavy atom. The van der Waals surface area contributed by atoms with Crippen molar-refractivity contribution in [1.82, 2.24) is 0 Å². The van der Waals surface area contributed by atoms with Crippen LogP contribution in [0.3, 0.4) is 0 Å². The van der Waals surface area contributed by atoms with Gasteiger partial charge in [0.15, 0.2) is 0 Å². The largest absolute Gasteiger partial charge is 0.144 e. The molecule has 2 rings (SSSR count). The zero-order valence-electron chi connectivity index (χ0n) is 11.3. The Hall–Kier alpha value is -0.600. The maximum Gasteiger partial charge on any atom is 0.0740 e. The molecule has 96 valence electrons. The van der Waals surface area contributed by atoms with Crippen molar-refractivity contribution in [3.8, 4) is 0 Å². The highest BCUT2D eigenvalue weighted by atomic mass is 79.9. The van der Waals surface area contributed by atoms with Gasteiger partial charge in [0.1, 0.15) is 0 Å². The van der Waals surface area contributed by atoms with E-state index in [-0.39, 0.29) is 0 Å². The van der Waals surface area contributed by atoms with Gasteiger partial charge in [-0.15, -0.1) is 11.3 Å². The van der Waals surface area contributed by atoms with E-state index in [1.165, 1.54) is 26.4 Å². The van der Waals surface area contributed by atoms with E-state index in [4.69, 9.17) is 0 Å². The van der Waals surface area contributed by atoms with Crippen LogP contribution in [0, 0.1) is 13.8 Å². The van der Waals surface area contributed by atoms with Crippen LogP contribution >= 0.6 is 27.3 Å². The van der Waals surface area contributed by atoms with Crippen molar-refractivity contribution in [2.75, 3.05) is 0 Å². The minimum atomic E-state index is 0.317. The second kappa shape index (κ2) is 5.58. The molecule has 0 nitrogen and oxygen atoms in total. The molecule has 0 saturated heterocycles. The Morgan fingerprint density at radius 1 is 1.00 bits per heavy atom. The monoisotopic (exact) mass is 322 g/mol. The van der Waals surface area contributed by atoms with Gasteiger partial charge in [-0.1, -0.05) is 54.0 Å². The third-order valence-corrected chi connectivity index (χ3v) is 5.71. The molecule has 1 aromatic carbocycles. The van der Waals surface area contributed by atoms with Gasteiger partial charge in [0.25, 0.3) is 0 Å². The molecule has 0 radical (unpaired) electrons. The number of alkyl halides is 1. The van der Waals surface area contributed by atoms with Gasteiger partial charge < -0.3 is 0 Å². The van der Waals surface area contributed by atoms with Crippen LogP contribution in [0.2, 0.25) is 0 Å². The summed E-state index contributed by atoms with van der Waals surface area (Å²) in [4.78, 5) is 3.12. The van der Waals surface area contributed by atoms with Crippen LogP contribution in [0.5, 0.6) is 0 Å². The number of aryl methyl sites for hydroxylation is 2. The van der Waals surface area contributed by atoms with Gasteiger partial charge in [-0.05, 0) is 42.5 Å². The molecule has 1 unspecified atom stereocenters. The van der Waals surface area contributed by atoms with E-state index in [1.54, 1.807) is 0 Å². The molecule has 0 N–H and O–H groups in total. The average Bonchev–Trinajstić information content (AvgIpc) is 2.67. The highest BCUT2D eigenvalue weighted by Crippen LogP contribution is 2.38. The number of thiophene rings is 1. The Balaban J connectivity index is 2.28. The van der Waals surface area contributed by atoms with Crippen molar-refractivity contribution in [3.05, 3.63) is 56.8 Å². The topological polar surface area (TPSA) is 0 Å². The molecule has 0 aliphatic carbocycles. The number of hydrogen-bond acceptors (Lipinski definition) is 1. The first-order valence-electron chi connectivity index (χ1n) is 6.30. The summed E-state index contributed by atoms with van der Waals surface area (Å²) in [7, 11) is 0. The predicted octanol–water partition coefficient (Wildman–Crippen LogP) is 5.97. The molecule has 2 aromatic rings. The van der Waals surface area contributed by atoms with Crippen LogP contribution < -0.4 is 0 Å². The van der Waals surface area contributed by atoms with Crippen LogP contribution in [0.25, 0.3) is 0 Å². The highest BCUT2D eigenvalue weighted by molar-refractivity contribution is 9.09. The Bertz CT molecular complexity index is 523. The smallest absolute Gasteiger partial charge is 0.0740 e. The lowest BCUT2D eigenvalue weighted by molar-refractivity contribution is 0.865. The summed E-state index contributed by atoms with van der Waals surface area (Å²) in [5.41, 5.74) is 4.12. The van der Waals surface area contributed by atoms with Crippen molar-refractivity contribution in [1.29, 1.82) is 0 Å². The Kier molecular flexibility index (Phi) is 4.29. The predicted molar refractivity (Wildman–Crippen MR) is 85.1 cm³/mol. The summed E-state index contributed by atoms with van der Waals surface area (Å²) in [5, 5.41) is 0. The third kappa shape index (κ3) is 2.86. The molecular weight excluding hydrogens is 304 g/mol. The summed E-state index contributed by atoms with van der Waals surface area (Å²) >= 11 is 5.71. The maximum absolute atomic E-state index is 3.83. The van der Waals surface area contributed by atoms with Gasteiger partial charge in [0.2, 0.25) is 0 Å². The van der Waals surface area contributed by atoms with Crippen LogP contribution in [-0.4, -0.2) is 0 Å². The molecule has 0 aliphatic rings. The van der Waals surface area contributed by atoms with Gasteiger partial charge in [0, 0.05) is 9.75 Å². The summed E-state index contributed by atoms with van der Waals surface area (Å²) in [6.07, 6.45) is 0. The van der Waals surface area contributed by atoms with E-state index in [0.717, 1.165) is 0 Å². The number of hydrogen-bond donors (Lipinski definition) is 0. The Morgan fingerprint density at radius 2 is 1.56 bits per heavy atom. The van der Waals surface area contributed by atoms with E-state index >= 15 is 0 Å². The first-order valence-corrected chi connectivity index (χ1v) is 8.03. The first kappa shape index (κ1) is 13.8. The molecular formula is C16H19BrS. The number of halogens is 1. The van der Waals surface area contributed by atoms with Gasteiger partial charge in [0.05, 0.1) is 4.83 Å². The fourth-order valence-electron chi connectivity index (χ4n) is 2.11.